The number of carbonyl (C=O) groups is 1. The molecule has 3 rings (SSSR count). The van der Waals surface area contributed by atoms with Gasteiger partial charge in [0.05, 0.1) is 6.42 Å². The maximum Gasteiger partial charge on any atom is 0.224 e. The molecule has 2 aromatic rings. The average molecular weight is 298 g/mol. The van der Waals surface area contributed by atoms with E-state index in [-0.39, 0.29) is 11.7 Å². The van der Waals surface area contributed by atoms with Crippen LogP contribution in [0.1, 0.15) is 23.5 Å². The Bertz CT molecular complexity index is 654. The zero-order valence-corrected chi connectivity index (χ0v) is 12.3. The second kappa shape index (κ2) is 6.60. The van der Waals surface area contributed by atoms with Crippen LogP contribution in [-0.4, -0.2) is 19.0 Å². The molecule has 2 N–H and O–H groups in total. The van der Waals surface area contributed by atoms with Crippen LogP contribution in [0.3, 0.4) is 0 Å². The first-order valence-corrected chi connectivity index (χ1v) is 7.56. The first kappa shape index (κ1) is 14.6. The van der Waals surface area contributed by atoms with Crippen LogP contribution in [0.15, 0.2) is 48.5 Å². The largest absolute Gasteiger partial charge is 0.384 e. The van der Waals surface area contributed by atoms with Crippen LogP contribution < -0.4 is 10.6 Å². The Labute approximate surface area is 129 Å². The number of amides is 1. The zero-order valence-electron chi connectivity index (χ0n) is 12.3. The highest BCUT2D eigenvalue weighted by atomic mass is 19.1. The van der Waals surface area contributed by atoms with Crippen LogP contribution >= 0.6 is 0 Å². The predicted octanol–water partition coefficient (Wildman–Crippen LogP) is 3.08. The predicted molar refractivity (Wildman–Crippen MR) is 85.4 cm³/mol. The number of fused-ring (bicyclic) bond motifs is 1. The second-order valence-corrected chi connectivity index (χ2v) is 5.61. The number of para-hydroxylation sites is 1. The molecule has 0 saturated carbocycles. The lowest BCUT2D eigenvalue weighted by Crippen LogP contribution is -2.27. The molecule has 0 spiro atoms. The Hall–Kier alpha value is -2.36. The molecule has 0 aromatic heterocycles. The third kappa shape index (κ3) is 3.45. The van der Waals surface area contributed by atoms with Gasteiger partial charge in [0.15, 0.2) is 0 Å². The summed E-state index contributed by atoms with van der Waals surface area (Å²) in [5.74, 6) is 0.143. The molecule has 0 saturated heterocycles. The van der Waals surface area contributed by atoms with Crippen molar-refractivity contribution in [1.29, 1.82) is 0 Å². The van der Waals surface area contributed by atoms with Crippen molar-refractivity contribution in [3.05, 3.63) is 65.5 Å². The van der Waals surface area contributed by atoms with E-state index in [2.05, 4.69) is 22.8 Å². The number of nitrogens with one attached hydrogen (secondary N) is 2. The molecule has 1 aliphatic rings. The molecule has 4 heteroatoms. The number of rotatable bonds is 5. The summed E-state index contributed by atoms with van der Waals surface area (Å²) in [5.41, 5.74) is 3.35. The van der Waals surface area contributed by atoms with Crippen molar-refractivity contribution < 1.29 is 9.18 Å². The average Bonchev–Trinajstić information content (AvgIpc) is 2.93. The monoisotopic (exact) mass is 298 g/mol. The van der Waals surface area contributed by atoms with Crippen molar-refractivity contribution >= 4 is 11.6 Å². The Morgan fingerprint density at radius 1 is 1.18 bits per heavy atom. The molecule has 3 nitrogen and oxygen atoms in total. The van der Waals surface area contributed by atoms with Gasteiger partial charge in [0.25, 0.3) is 0 Å². The maximum atomic E-state index is 12.8. The highest BCUT2D eigenvalue weighted by Gasteiger charge is 2.20. The van der Waals surface area contributed by atoms with E-state index in [4.69, 9.17) is 0 Å². The Balaban J connectivity index is 1.45. The van der Waals surface area contributed by atoms with Crippen LogP contribution in [-0.2, 0) is 11.2 Å². The minimum absolute atomic E-state index is 0.0224. The summed E-state index contributed by atoms with van der Waals surface area (Å²) in [5, 5.41) is 6.33. The summed E-state index contributed by atoms with van der Waals surface area (Å²) in [6.45, 7) is 1.58. The van der Waals surface area contributed by atoms with Crippen LogP contribution in [0, 0.1) is 5.82 Å². The SMILES string of the molecule is O=C(Cc1ccc(F)cc1)NCCC1CNc2ccccc21. The highest BCUT2D eigenvalue weighted by molar-refractivity contribution is 5.78. The normalized spacial score (nSPS) is 16.0. The van der Waals surface area contributed by atoms with Gasteiger partial charge in [0.2, 0.25) is 5.91 Å². The summed E-state index contributed by atoms with van der Waals surface area (Å²) in [6, 6.07) is 14.3. The van der Waals surface area contributed by atoms with Gasteiger partial charge in [-0.2, -0.15) is 0 Å². The van der Waals surface area contributed by atoms with Crippen LogP contribution in [0.2, 0.25) is 0 Å². The summed E-state index contributed by atoms with van der Waals surface area (Å²) >= 11 is 0. The molecule has 1 atom stereocenters. The van der Waals surface area contributed by atoms with Crippen molar-refractivity contribution in [2.45, 2.75) is 18.8 Å². The van der Waals surface area contributed by atoms with Crippen molar-refractivity contribution in [3.8, 4) is 0 Å². The Morgan fingerprint density at radius 2 is 1.95 bits per heavy atom. The van der Waals surface area contributed by atoms with E-state index in [1.807, 2.05) is 12.1 Å². The molecule has 0 bridgehead atoms. The van der Waals surface area contributed by atoms with Crippen LogP contribution in [0.5, 0.6) is 0 Å². The standard InChI is InChI=1S/C18H19FN2O/c19-15-7-5-13(6-8-15)11-18(22)20-10-9-14-12-21-17-4-2-1-3-16(14)17/h1-8,14,21H,9-12H2,(H,20,22). The van der Waals surface area contributed by atoms with E-state index >= 15 is 0 Å². The molecule has 114 valence electrons. The minimum atomic E-state index is -0.281. The van der Waals surface area contributed by atoms with Gasteiger partial charge in [-0.3, -0.25) is 4.79 Å². The molecule has 2 aromatic carbocycles. The zero-order chi connectivity index (χ0) is 15.4. The van der Waals surface area contributed by atoms with Gasteiger partial charge in [0.1, 0.15) is 5.82 Å². The molecule has 0 radical (unpaired) electrons. The lowest BCUT2D eigenvalue weighted by Gasteiger charge is -2.11. The van der Waals surface area contributed by atoms with E-state index in [9.17, 15) is 9.18 Å². The van der Waals surface area contributed by atoms with Crippen molar-refractivity contribution in [1.82, 2.24) is 5.32 Å². The quantitative estimate of drug-likeness (QED) is 0.890. The fourth-order valence-electron chi connectivity index (χ4n) is 2.85. The number of halogens is 1. The van der Waals surface area contributed by atoms with Crippen LogP contribution in [0.25, 0.3) is 0 Å². The van der Waals surface area contributed by atoms with E-state index in [1.165, 1.54) is 23.4 Å². The third-order valence-electron chi connectivity index (χ3n) is 4.03. The smallest absolute Gasteiger partial charge is 0.224 e. The fraction of sp³-hybridized carbons (Fsp3) is 0.278. The molecule has 1 heterocycles. The first-order chi connectivity index (χ1) is 10.7. The molecule has 0 aliphatic carbocycles. The van der Waals surface area contributed by atoms with Gasteiger partial charge in [-0.05, 0) is 35.7 Å². The lowest BCUT2D eigenvalue weighted by molar-refractivity contribution is -0.120. The number of anilines is 1. The van der Waals surface area contributed by atoms with Crippen molar-refractivity contribution in [2.24, 2.45) is 0 Å². The maximum absolute atomic E-state index is 12.8. The topological polar surface area (TPSA) is 41.1 Å². The van der Waals surface area contributed by atoms with E-state index in [0.717, 1.165) is 18.5 Å². The fourth-order valence-corrected chi connectivity index (χ4v) is 2.85. The second-order valence-electron chi connectivity index (χ2n) is 5.61. The molecular formula is C18H19FN2O. The van der Waals surface area contributed by atoms with Gasteiger partial charge >= 0.3 is 0 Å². The summed E-state index contributed by atoms with van der Waals surface area (Å²) in [6.07, 6.45) is 1.21. The van der Waals surface area contributed by atoms with Gasteiger partial charge in [-0.1, -0.05) is 30.3 Å². The van der Waals surface area contributed by atoms with Gasteiger partial charge in [-0.25, -0.2) is 4.39 Å². The van der Waals surface area contributed by atoms with Gasteiger partial charge in [0, 0.05) is 24.7 Å². The third-order valence-corrected chi connectivity index (χ3v) is 4.03. The van der Waals surface area contributed by atoms with Gasteiger partial charge in [-0.15, -0.1) is 0 Å². The number of benzene rings is 2. The molecule has 22 heavy (non-hydrogen) atoms. The highest BCUT2D eigenvalue weighted by Crippen LogP contribution is 2.32. The van der Waals surface area contributed by atoms with E-state index in [0.29, 0.717) is 18.9 Å². The number of carbonyl (C=O) groups excluding carboxylic acids is 1. The molecular weight excluding hydrogens is 279 g/mol. The van der Waals surface area contributed by atoms with E-state index in [1.54, 1.807) is 12.1 Å². The Kier molecular flexibility index (Phi) is 4.37. The first-order valence-electron chi connectivity index (χ1n) is 7.56. The number of hydrogen-bond donors (Lipinski definition) is 2. The minimum Gasteiger partial charge on any atom is -0.384 e. The summed E-state index contributed by atoms with van der Waals surface area (Å²) < 4.78 is 12.8. The molecule has 0 fully saturated rings. The van der Waals surface area contributed by atoms with Gasteiger partial charge < -0.3 is 10.6 Å². The van der Waals surface area contributed by atoms with Crippen LogP contribution in [0.4, 0.5) is 10.1 Å². The number of hydrogen-bond acceptors (Lipinski definition) is 2. The summed E-state index contributed by atoms with van der Waals surface area (Å²) in [4.78, 5) is 11.9. The van der Waals surface area contributed by atoms with Crippen molar-refractivity contribution in [2.75, 3.05) is 18.4 Å². The summed E-state index contributed by atoms with van der Waals surface area (Å²) in [7, 11) is 0. The molecule has 1 aliphatic heterocycles. The van der Waals surface area contributed by atoms with Crippen molar-refractivity contribution in [3.63, 3.8) is 0 Å². The lowest BCUT2D eigenvalue weighted by atomic mass is 9.98. The molecule has 1 unspecified atom stereocenters. The molecule has 1 amide bonds. The van der Waals surface area contributed by atoms with E-state index < -0.39 is 0 Å². The Morgan fingerprint density at radius 3 is 2.77 bits per heavy atom.